The Morgan fingerprint density at radius 2 is 0.878 bits per heavy atom. The number of hydrogen-bond donors (Lipinski definition) is 0. The van der Waals surface area contributed by atoms with Crippen LogP contribution in [0.4, 0.5) is 0 Å². The number of nitrogens with zero attached hydrogens (tertiary/aromatic N) is 8. The van der Waals surface area contributed by atoms with Gasteiger partial charge in [0.2, 0.25) is 22.8 Å². The third-order valence-electron chi connectivity index (χ3n) is 21.9. The number of benzene rings is 4. The highest BCUT2D eigenvalue weighted by molar-refractivity contribution is 5.89. The Balaban J connectivity index is 0.000000121. The van der Waals surface area contributed by atoms with Crippen LogP contribution in [-0.4, -0.2) is 19.9 Å². The maximum absolute atomic E-state index is 8.64. The first kappa shape index (κ1) is 54.1. The second-order valence-corrected chi connectivity index (χ2v) is 28.7. The quantitative estimate of drug-likeness (QED) is 0.161. The van der Waals surface area contributed by atoms with E-state index in [1.807, 2.05) is 105 Å². The summed E-state index contributed by atoms with van der Waals surface area (Å²) in [6, 6.07) is 55.9. The molecule has 8 heterocycles. The average Bonchev–Trinajstić information content (AvgIpc) is 1.52. The van der Waals surface area contributed by atoms with Gasteiger partial charge in [0.1, 0.15) is 28.2 Å². The van der Waals surface area contributed by atoms with E-state index in [2.05, 4.69) is 195 Å². The van der Waals surface area contributed by atoms with E-state index in [9.17, 15) is 0 Å². The summed E-state index contributed by atoms with van der Waals surface area (Å²) in [6.45, 7) is 13.1. The summed E-state index contributed by atoms with van der Waals surface area (Å²) in [6.07, 6.45) is 17.7. The van der Waals surface area contributed by atoms with E-state index in [4.69, 9.17) is 18.7 Å². The van der Waals surface area contributed by atoms with E-state index in [-0.39, 0.29) is 21.9 Å². The van der Waals surface area contributed by atoms with Crippen LogP contribution >= 0.6 is 0 Å². The van der Waals surface area contributed by atoms with Gasteiger partial charge in [0.15, 0.2) is 24.3 Å². The number of rotatable bonds is 5. The highest BCUT2D eigenvalue weighted by Crippen LogP contribution is 2.59. The second-order valence-electron chi connectivity index (χ2n) is 28.7. The van der Waals surface area contributed by atoms with Crippen LogP contribution in [0.3, 0.4) is 0 Å². The first-order valence-corrected chi connectivity index (χ1v) is 34.3. The van der Waals surface area contributed by atoms with Crippen LogP contribution in [0.1, 0.15) is 179 Å². The maximum Gasteiger partial charge on any atom is 0.213 e. The third-order valence-corrected chi connectivity index (χ3v) is 21.9. The Labute approximate surface area is 595 Å². The molecule has 5 aliphatic rings. The molecule has 0 amide bonds. The van der Waals surface area contributed by atoms with Gasteiger partial charge < -0.3 is 0 Å². The van der Waals surface area contributed by atoms with Crippen LogP contribution in [0.2, 0.25) is 0 Å². The summed E-state index contributed by atoms with van der Waals surface area (Å²) < 4.78 is 90.3. The maximum atomic E-state index is 8.64. The first-order valence-electron chi connectivity index (χ1n) is 39.3. The van der Waals surface area contributed by atoms with Crippen LogP contribution in [-0.2, 0) is 49.9 Å². The molecule has 8 aromatic heterocycles. The van der Waals surface area contributed by atoms with Crippen molar-refractivity contribution in [3.8, 4) is 89.7 Å². The van der Waals surface area contributed by atoms with Gasteiger partial charge >= 0.3 is 0 Å². The predicted molar refractivity (Wildman–Crippen MR) is 399 cm³/mol. The number of pyridine rings is 8. The van der Waals surface area contributed by atoms with E-state index in [1.165, 1.54) is 127 Å². The molecule has 8 nitrogen and oxygen atoms in total. The molecule has 0 radical (unpaired) electrons. The van der Waals surface area contributed by atoms with Crippen molar-refractivity contribution in [1.82, 2.24) is 19.9 Å². The second kappa shape index (κ2) is 24.9. The monoisotopic (exact) mass is 1300 g/mol. The van der Waals surface area contributed by atoms with Crippen LogP contribution in [0, 0.1) is 34.6 Å². The van der Waals surface area contributed by atoms with Gasteiger partial charge in [0.05, 0.1) is 28.3 Å². The lowest BCUT2D eigenvalue weighted by molar-refractivity contribution is -0.666. The topological polar surface area (TPSA) is 67.1 Å². The van der Waals surface area contributed by atoms with E-state index in [1.54, 1.807) is 24.3 Å². The van der Waals surface area contributed by atoms with Crippen molar-refractivity contribution in [3.05, 3.63) is 286 Å². The summed E-state index contributed by atoms with van der Waals surface area (Å²) in [5, 5.41) is 0. The first-order chi connectivity index (χ1) is 51.0. The molecule has 8 heteroatoms. The summed E-state index contributed by atoms with van der Waals surface area (Å²) >= 11 is 0. The molecule has 1 spiro atoms. The Morgan fingerprint density at radius 3 is 1.39 bits per heavy atom. The van der Waals surface area contributed by atoms with E-state index >= 15 is 0 Å². The summed E-state index contributed by atoms with van der Waals surface area (Å²) in [5.74, 6) is -1.68. The zero-order valence-corrected chi connectivity index (χ0v) is 59.0. The van der Waals surface area contributed by atoms with E-state index in [0.29, 0.717) is 22.3 Å². The molecule has 98 heavy (non-hydrogen) atoms. The molecule has 1 fully saturated rings. The minimum atomic E-state index is -2.79. The van der Waals surface area contributed by atoms with Crippen molar-refractivity contribution in [1.29, 1.82) is 0 Å². The van der Waals surface area contributed by atoms with Crippen LogP contribution in [0.15, 0.2) is 207 Å². The summed E-state index contributed by atoms with van der Waals surface area (Å²) in [7, 11) is 8.17. The number of fused-ring (bicyclic) bond motifs is 14. The fourth-order valence-electron chi connectivity index (χ4n) is 16.5. The molecule has 0 aliphatic heterocycles. The van der Waals surface area contributed by atoms with Gasteiger partial charge in [-0.15, -0.1) is 0 Å². The number of hydrogen-bond acceptors (Lipinski definition) is 4. The molecule has 1 saturated carbocycles. The van der Waals surface area contributed by atoms with Crippen LogP contribution in [0.25, 0.3) is 89.7 Å². The predicted octanol–water partition coefficient (Wildman–Crippen LogP) is 18.7. The largest absolute Gasteiger partial charge is 0.260 e. The molecule has 490 valence electrons. The fraction of sp³-hybridized carbons (Fsp3) is 0.289. The lowest BCUT2D eigenvalue weighted by atomic mass is 9.73. The SMILES string of the molecule is Cc1cc2c(cc1-c1cccc(C)[n+]1C)-c1cccnc1C2(C)C.Cc1cc2c(cc1-c1cccc[n+]1C)-c1cccnc1C2(C)C.[2H]C([2H])([2H])C([2H])(C)c1cc[n+](C)c(-c2c(C)ccc3c2C2(CCCC2)c2cccnc2-3)c1.[2H]C([2H])([2H])C1(C([2H])([2H])[2H])c2cc(C)c(-c3cccc[n+]3C)cc2-c2cccnc21. The molecule has 0 bridgehead atoms. The minimum Gasteiger partial charge on any atom is -0.260 e. The Hall–Kier alpha value is -9.92. The van der Waals surface area contributed by atoms with E-state index < -0.39 is 31.9 Å². The van der Waals surface area contributed by atoms with Crippen molar-refractivity contribution in [3.63, 3.8) is 0 Å². The molecule has 1 atom stereocenters. The normalized spacial score (nSPS) is 17.5. The molecule has 17 rings (SSSR count). The Kier molecular flexibility index (Phi) is 13.7. The molecular formula is C90H94N8+4. The van der Waals surface area contributed by atoms with Crippen LogP contribution in [0.5, 0.6) is 0 Å². The Bertz CT molecular complexity index is 5590. The molecule has 5 aliphatic carbocycles. The van der Waals surface area contributed by atoms with Gasteiger partial charge in [-0.1, -0.05) is 123 Å². The van der Waals surface area contributed by atoms with Gasteiger partial charge in [-0.2, -0.15) is 4.57 Å². The smallest absolute Gasteiger partial charge is 0.213 e. The lowest BCUT2D eigenvalue weighted by Gasteiger charge is -2.28. The standard InChI is InChI=1S/C26H29N2.C22H23N2.2C21H21N2/c1-17(2)19-11-15-28(4)22(16-19)23-18(3)9-10-20-24(23)26(12-5-6-13-26)21-8-7-14-27-25(20)21;1-14-12-19-18(16-9-7-11-23-21(16)22(19,3)4)13-17(14)20-10-6-8-15(2)24(20)5;2*1-14-12-18-17(13-16(14)19-9-5-6-11-23(19)4)15-8-7-10-22-20(15)21(18,2)3/h7-11,14-17H,5-6,12-13H2,1-4H3;6-13H,1-5H3;2*5-13H,1-4H3/q4*+1/i1D3,17D;;2D3,3D3;. The minimum absolute atomic E-state index is 0.0336. The van der Waals surface area contributed by atoms with Crippen molar-refractivity contribution < 1.29 is 32.0 Å². The average molecular weight is 1300 g/mol. The number of aryl methyl sites for hydroxylation is 8. The molecule has 1 unspecified atom stereocenters. The molecular weight excluding hydrogens is 1190 g/mol. The lowest BCUT2D eigenvalue weighted by Crippen LogP contribution is -2.34. The molecule has 4 aromatic carbocycles. The highest BCUT2D eigenvalue weighted by atomic mass is 14.9. The Morgan fingerprint density at radius 1 is 0.408 bits per heavy atom. The van der Waals surface area contributed by atoms with Crippen molar-refractivity contribution >= 4 is 0 Å². The highest BCUT2D eigenvalue weighted by Gasteiger charge is 2.49. The summed E-state index contributed by atoms with van der Waals surface area (Å²) in [4.78, 5) is 18.4. The van der Waals surface area contributed by atoms with Gasteiger partial charge in [-0.3, -0.25) is 19.9 Å². The molecule has 0 N–H and O–H groups in total. The van der Waals surface area contributed by atoms with Gasteiger partial charge in [-0.05, 0) is 179 Å². The summed E-state index contributed by atoms with van der Waals surface area (Å²) in [5.41, 5.74) is 30.0. The van der Waals surface area contributed by atoms with Crippen molar-refractivity contribution in [2.24, 2.45) is 28.2 Å². The third kappa shape index (κ3) is 10.7. The van der Waals surface area contributed by atoms with Crippen molar-refractivity contribution in [2.45, 2.75) is 143 Å². The van der Waals surface area contributed by atoms with Gasteiger partial charge in [0, 0.05) is 155 Å². The zero-order chi connectivity index (χ0) is 77.3. The number of aromatic nitrogens is 8. The van der Waals surface area contributed by atoms with Crippen molar-refractivity contribution in [2.75, 3.05) is 0 Å². The fourth-order valence-corrected chi connectivity index (χ4v) is 16.5. The molecule has 12 aromatic rings. The van der Waals surface area contributed by atoms with Crippen LogP contribution < -0.4 is 18.3 Å². The molecule has 0 saturated heterocycles. The van der Waals surface area contributed by atoms with E-state index in [0.717, 1.165) is 52.2 Å². The van der Waals surface area contributed by atoms with Gasteiger partial charge in [0.25, 0.3) is 0 Å². The van der Waals surface area contributed by atoms with Gasteiger partial charge in [-0.25, -0.2) is 13.7 Å². The zero-order valence-electron chi connectivity index (χ0n) is 69.0.